The van der Waals surface area contributed by atoms with Crippen molar-refractivity contribution in [1.82, 2.24) is 9.88 Å². The molecule has 0 saturated carbocycles. The average molecular weight is 377 g/mol. The molecule has 130 valence electrons. The molecule has 1 heterocycles. The first-order valence-electron chi connectivity index (χ1n) is 7.64. The standard InChI is InChI=1S/C18H17ClN2O3S/c1-12-18(13(2)24-21-12)15-5-3-4-14(10-15)11-20-25(22,23)17-8-6-16(19)7-9-17/h3-10,20H,11H2,1-2H3. The van der Waals surface area contributed by atoms with Crippen LogP contribution < -0.4 is 4.72 Å². The highest BCUT2D eigenvalue weighted by Crippen LogP contribution is 2.27. The van der Waals surface area contributed by atoms with Crippen LogP contribution in [0.5, 0.6) is 0 Å². The van der Waals surface area contributed by atoms with Crippen LogP contribution in [0.25, 0.3) is 11.1 Å². The fourth-order valence-corrected chi connectivity index (χ4v) is 3.75. The lowest BCUT2D eigenvalue weighted by atomic mass is 10.0. The first-order chi connectivity index (χ1) is 11.9. The molecule has 0 radical (unpaired) electrons. The Morgan fingerprint density at radius 2 is 1.84 bits per heavy atom. The minimum atomic E-state index is -3.60. The predicted octanol–water partition coefficient (Wildman–Crippen LogP) is 4.09. The van der Waals surface area contributed by atoms with Gasteiger partial charge in [0, 0.05) is 17.1 Å². The highest BCUT2D eigenvalue weighted by atomic mass is 35.5. The Kier molecular flexibility index (Phi) is 4.94. The highest BCUT2D eigenvalue weighted by Gasteiger charge is 2.15. The molecule has 5 nitrogen and oxygen atoms in total. The van der Waals surface area contributed by atoms with Crippen molar-refractivity contribution in [2.24, 2.45) is 0 Å². The minimum Gasteiger partial charge on any atom is -0.361 e. The molecule has 0 atom stereocenters. The Morgan fingerprint density at radius 3 is 2.48 bits per heavy atom. The molecule has 0 spiro atoms. The van der Waals surface area contributed by atoms with E-state index in [0.29, 0.717) is 5.02 Å². The van der Waals surface area contributed by atoms with Crippen LogP contribution in [-0.2, 0) is 16.6 Å². The molecular formula is C18H17ClN2O3S. The second-order valence-corrected chi connectivity index (χ2v) is 7.88. The van der Waals surface area contributed by atoms with Crippen molar-refractivity contribution in [3.05, 3.63) is 70.6 Å². The first-order valence-corrected chi connectivity index (χ1v) is 9.50. The fraction of sp³-hybridized carbons (Fsp3) is 0.167. The van der Waals surface area contributed by atoms with Gasteiger partial charge < -0.3 is 4.52 Å². The van der Waals surface area contributed by atoms with E-state index in [-0.39, 0.29) is 11.4 Å². The third-order valence-corrected chi connectivity index (χ3v) is 5.51. The van der Waals surface area contributed by atoms with E-state index < -0.39 is 10.0 Å². The van der Waals surface area contributed by atoms with Crippen LogP contribution in [0.1, 0.15) is 17.0 Å². The molecule has 1 N–H and O–H groups in total. The number of sulfonamides is 1. The van der Waals surface area contributed by atoms with Gasteiger partial charge in [-0.15, -0.1) is 0 Å². The number of rotatable bonds is 5. The number of aryl methyl sites for hydroxylation is 2. The molecule has 2 aromatic carbocycles. The maximum absolute atomic E-state index is 12.4. The van der Waals surface area contributed by atoms with Crippen molar-refractivity contribution in [3.8, 4) is 11.1 Å². The van der Waals surface area contributed by atoms with Gasteiger partial charge in [0.15, 0.2) is 0 Å². The smallest absolute Gasteiger partial charge is 0.240 e. The highest BCUT2D eigenvalue weighted by molar-refractivity contribution is 7.89. The summed E-state index contributed by atoms with van der Waals surface area (Å²) >= 11 is 5.80. The largest absolute Gasteiger partial charge is 0.361 e. The van der Waals surface area contributed by atoms with Gasteiger partial charge in [0.05, 0.1) is 10.6 Å². The van der Waals surface area contributed by atoms with Crippen LogP contribution in [0.3, 0.4) is 0 Å². The van der Waals surface area contributed by atoms with Crippen molar-refractivity contribution in [3.63, 3.8) is 0 Å². The van der Waals surface area contributed by atoms with Gasteiger partial charge in [-0.1, -0.05) is 35.0 Å². The van der Waals surface area contributed by atoms with Crippen LogP contribution >= 0.6 is 11.6 Å². The summed E-state index contributed by atoms with van der Waals surface area (Å²) < 4.78 is 32.5. The summed E-state index contributed by atoms with van der Waals surface area (Å²) in [7, 11) is -3.60. The Labute approximate surface area is 151 Å². The molecule has 1 aromatic heterocycles. The molecule has 0 fully saturated rings. The molecule has 0 bridgehead atoms. The van der Waals surface area contributed by atoms with Crippen LogP contribution in [-0.4, -0.2) is 13.6 Å². The molecular weight excluding hydrogens is 360 g/mol. The van der Waals surface area contributed by atoms with E-state index in [2.05, 4.69) is 9.88 Å². The normalized spacial score (nSPS) is 11.6. The summed E-state index contributed by atoms with van der Waals surface area (Å²) in [4.78, 5) is 0.179. The van der Waals surface area contributed by atoms with Gasteiger partial charge in [0.1, 0.15) is 5.76 Å². The topological polar surface area (TPSA) is 72.2 Å². The number of nitrogens with zero attached hydrogens (tertiary/aromatic N) is 1. The monoisotopic (exact) mass is 376 g/mol. The Morgan fingerprint density at radius 1 is 1.12 bits per heavy atom. The zero-order chi connectivity index (χ0) is 18.0. The first kappa shape index (κ1) is 17.7. The Balaban J connectivity index is 1.80. The second kappa shape index (κ2) is 7.00. The van der Waals surface area contributed by atoms with Crippen molar-refractivity contribution in [2.75, 3.05) is 0 Å². The van der Waals surface area contributed by atoms with Gasteiger partial charge in [-0.25, -0.2) is 13.1 Å². The number of hydrogen-bond acceptors (Lipinski definition) is 4. The van der Waals surface area contributed by atoms with Crippen molar-refractivity contribution < 1.29 is 12.9 Å². The van der Waals surface area contributed by atoms with Crippen molar-refractivity contribution in [2.45, 2.75) is 25.3 Å². The second-order valence-electron chi connectivity index (χ2n) is 5.68. The third kappa shape index (κ3) is 3.92. The molecule has 0 aliphatic heterocycles. The quantitative estimate of drug-likeness (QED) is 0.727. The molecule has 0 amide bonds. The van der Waals surface area contributed by atoms with Crippen molar-refractivity contribution >= 4 is 21.6 Å². The van der Waals surface area contributed by atoms with Crippen LogP contribution in [0, 0.1) is 13.8 Å². The van der Waals surface area contributed by atoms with Gasteiger partial charge in [0.25, 0.3) is 0 Å². The van der Waals surface area contributed by atoms with Gasteiger partial charge in [-0.05, 0) is 55.3 Å². The number of hydrogen-bond donors (Lipinski definition) is 1. The molecule has 0 aliphatic carbocycles. The molecule has 7 heteroatoms. The molecule has 0 saturated heterocycles. The SMILES string of the molecule is Cc1noc(C)c1-c1cccc(CNS(=O)(=O)c2ccc(Cl)cc2)c1. The van der Waals surface area contributed by atoms with Crippen LogP contribution in [0.2, 0.25) is 5.02 Å². The maximum atomic E-state index is 12.4. The maximum Gasteiger partial charge on any atom is 0.240 e. The lowest BCUT2D eigenvalue weighted by Gasteiger charge is -2.08. The summed E-state index contributed by atoms with van der Waals surface area (Å²) in [6, 6.07) is 13.7. The van der Waals surface area contributed by atoms with E-state index >= 15 is 0 Å². The lowest BCUT2D eigenvalue weighted by molar-refractivity contribution is 0.393. The van der Waals surface area contributed by atoms with E-state index in [0.717, 1.165) is 28.1 Å². The van der Waals surface area contributed by atoms with Crippen LogP contribution in [0.4, 0.5) is 0 Å². The summed E-state index contributed by atoms with van der Waals surface area (Å²) in [6.07, 6.45) is 0. The van der Waals surface area contributed by atoms with Gasteiger partial charge in [0.2, 0.25) is 10.0 Å². The Bertz CT molecular complexity index is 976. The molecule has 0 aliphatic rings. The zero-order valence-electron chi connectivity index (χ0n) is 13.8. The average Bonchev–Trinajstić information content (AvgIpc) is 2.92. The van der Waals surface area contributed by atoms with E-state index in [1.807, 2.05) is 38.1 Å². The molecule has 3 aromatic rings. The summed E-state index contributed by atoms with van der Waals surface area (Å²) in [5.41, 5.74) is 3.52. The predicted molar refractivity (Wildman–Crippen MR) is 96.9 cm³/mol. The van der Waals surface area contributed by atoms with Gasteiger partial charge in [-0.2, -0.15) is 0 Å². The van der Waals surface area contributed by atoms with Gasteiger partial charge >= 0.3 is 0 Å². The number of benzene rings is 2. The molecule has 0 unspecified atom stereocenters. The molecule has 25 heavy (non-hydrogen) atoms. The Hall–Kier alpha value is -2.15. The van der Waals surface area contributed by atoms with E-state index in [9.17, 15) is 8.42 Å². The van der Waals surface area contributed by atoms with E-state index in [4.69, 9.17) is 16.1 Å². The molecule has 3 rings (SSSR count). The number of aromatic nitrogens is 1. The fourth-order valence-electron chi connectivity index (χ4n) is 2.61. The number of nitrogens with one attached hydrogen (secondary N) is 1. The van der Waals surface area contributed by atoms with E-state index in [1.165, 1.54) is 12.1 Å². The van der Waals surface area contributed by atoms with Gasteiger partial charge in [-0.3, -0.25) is 0 Å². The minimum absolute atomic E-state index is 0.179. The van der Waals surface area contributed by atoms with E-state index in [1.54, 1.807) is 12.1 Å². The zero-order valence-corrected chi connectivity index (χ0v) is 15.4. The lowest BCUT2D eigenvalue weighted by Crippen LogP contribution is -2.23. The third-order valence-electron chi connectivity index (χ3n) is 3.84. The summed E-state index contributed by atoms with van der Waals surface area (Å²) in [5.74, 6) is 0.733. The van der Waals surface area contributed by atoms with Crippen LogP contribution in [0.15, 0.2) is 57.9 Å². The number of halogens is 1. The van der Waals surface area contributed by atoms with Crippen molar-refractivity contribution in [1.29, 1.82) is 0 Å². The summed E-state index contributed by atoms with van der Waals surface area (Å²) in [6.45, 7) is 3.91. The summed E-state index contributed by atoms with van der Waals surface area (Å²) in [5, 5.41) is 4.45.